The zero-order valence-electron chi connectivity index (χ0n) is 8.13. The fourth-order valence-corrected chi connectivity index (χ4v) is 3.03. The molecular weight excluding hydrogens is 261 g/mol. The van der Waals surface area contributed by atoms with Gasteiger partial charge in [-0.2, -0.15) is 0 Å². The SMILES string of the molecule is Clc1cc2c(cc1Cl)Sc1ccccc1N2. The second kappa shape index (κ2) is 3.88. The number of anilines is 2. The van der Waals surface area contributed by atoms with E-state index in [0.717, 1.165) is 16.3 Å². The number of halogens is 2. The van der Waals surface area contributed by atoms with Gasteiger partial charge in [-0.3, -0.25) is 0 Å². The minimum atomic E-state index is 0.577. The molecule has 0 fully saturated rings. The molecule has 0 unspecified atom stereocenters. The Bertz CT molecular complexity index is 519. The third kappa shape index (κ3) is 1.67. The third-order valence-corrected chi connectivity index (χ3v) is 4.25. The molecule has 1 aliphatic heterocycles. The van der Waals surface area contributed by atoms with E-state index < -0.39 is 0 Å². The zero-order valence-corrected chi connectivity index (χ0v) is 10.5. The van der Waals surface area contributed by atoms with E-state index in [1.54, 1.807) is 11.8 Å². The summed E-state index contributed by atoms with van der Waals surface area (Å²) in [6.07, 6.45) is 0. The van der Waals surface area contributed by atoms with Gasteiger partial charge in [-0.15, -0.1) is 0 Å². The first-order chi connectivity index (χ1) is 7.74. The highest BCUT2D eigenvalue weighted by molar-refractivity contribution is 7.99. The Kier molecular flexibility index (Phi) is 2.51. The first-order valence-corrected chi connectivity index (χ1v) is 6.34. The van der Waals surface area contributed by atoms with Gasteiger partial charge in [0.15, 0.2) is 0 Å². The van der Waals surface area contributed by atoms with Gasteiger partial charge in [-0.1, -0.05) is 47.1 Å². The highest BCUT2D eigenvalue weighted by atomic mass is 35.5. The normalized spacial score (nSPS) is 12.6. The topological polar surface area (TPSA) is 12.0 Å². The van der Waals surface area contributed by atoms with Crippen LogP contribution < -0.4 is 5.32 Å². The third-order valence-electron chi connectivity index (χ3n) is 2.40. The first kappa shape index (κ1) is 10.3. The maximum Gasteiger partial charge on any atom is 0.0613 e. The molecule has 2 aromatic carbocycles. The molecule has 0 spiro atoms. The molecule has 2 aromatic rings. The van der Waals surface area contributed by atoms with Crippen LogP contribution in [0.1, 0.15) is 0 Å². The van der Waals surface area contributed by atoms with E-state index in [9.17, 15) is 0 Å². The molecule has 0 bridgehead atoms. The van der Waals surface area contributed by atoms with Crippen LogP contribution in [-0.2, 0) is 0 Å². The van der Waals surface area contributed by atoms with Gasteiger partial charge in [0.25, 0.3) is 0 Å². The Morgan fingerprint density at radius 1 is 0.875 bits per heavy atom. The van der Waals surface area contributed by atoms with Gasteiger partial charge in [0.05, 0.1) is 21.4 Å². The van der Waals surface area contributed by atoms with Crippen LogP contribution in [0.15, 0.2) is 46.2 Å². The number of para-hydroxylation sites is 1. The summed E-state index contributed by atoms with van der Waals surface area (Å²) < 4.78 is 0. The van der Waals surface area contributed by atoms with E-state index in [-0.39, 0.29) is 0 Å². The van der Waals surface area contributed by atoms with Gasteiger partial charge in [-0.05, 0) is 24.3 Å². The highest BCUT2D eigenvalue weighted by Crippen LogP contribution is 2.46. The van der Waals surface area contributed by atoms with Crippen LogP contribution in [0, 0.1) is 0 Å². The number of benzene rings is 2. The molecule has 1 aliphatic rings. The Morgan fingerprint density at radius 3 is 2.50 bits per heavy atom. The van der Waals surface area contributed by atoms with Gasteiger partial charge in [-0.25, -0.2) is 0 Å². The van der Waals surface area contributed by atoms with E-state index in [2.05, 4.69) is 11.4 Å². The molecule has 1 N–H and O–H groups in total. The van der Waals surface area contributed by atoms with Crippen LogP contribution in [0.25, 0.3) is 0 Å². The van der Waals surface area contributed by atoms with Crippen molar-refractivity contribution in [3.8, 4) is 0 Å². The predicted molar refractivity (Wildman–Crippen MR) is 70.3 cm³/mol. The number of nitrogens with one attached hydrogen (secondary N) is 1. The Hall–Kier alpha value is -0.830. The lowest BCUT2D eigenvalue weighted by atomic mass is 10.2. The Balaban J connectivity index is 2.12. The Labute approximate surface area is 108 Å². The van der Waals surface area contributed by atoms with Crippen molar-refractivity contribution < 1.29 is 0 Å². The molecule has 0 amide bonds. The van der Waals surface area contributed by atoms with Crippen LogP contribution in [-0.4, -0.2) is 0 Å². The maximum absolute atomic E-state index is 6.00. The molecule has 0 aliphatic carbocycles. The summed E-state index contributed by atoms with van der Waals surface area (Å²) in [5.74, 6) is 0. The molecule has 1 heterocycles. The molecule has 0 radical (unpaired) electrons. The van der Waals surface area contributed by atoms with Crippen LogP contribution in [0.2, 0.25) is 10.0 Å². The second-order valence-corrected chi connectivity index (χ2v) is 5.38. The number of hydrogen-bond donors (Lipinski definition) is 1. The fraction of sp³-hybridized carbons (Fsp3) is 0. The molecule has 1 nitrogen and oxygen atoms in total. The minimum Gasteiger partial charge on any atom is -0.354 e. The summed E-state index contributed by atoms with van der Waals surface area (Å²) in [7, 11) is 0. The quantitative estimate of drug-likeness (QED) is 0.601. The summed E-state index contributed by atoms with van der Waals surface area (Å²) in [5, 5.41) is 4.51. The van der Waals surface area contributed by atoms with Crippen LogP contribution in [0.5, 0.6) is 0 Å². The molecule has 80 valence electrons. The summed E-state index contributed by atoms with van der Waals surface area (Å²) >= 11 is 13.7. The predicted octanol–water partition coefficient (Wildman–Crippen LogP) is 5.20. The van der Waals surface area contributed by atoms with Gasteiger partial charge in [0.1, 0.15) is 0 Å². The van der Waals surface area contributed by atoms with Crippen molar-refractivity contribution in [2.75, 3.05) is 5.32 Å². The van der Waals surface area contributed by atoms with E-state index in [1.165, 1.54) is 4.90 Å². The molecule has 16 heavy (non-hydrogen) atoms. The zero-order chi connectivity index (χ0) is 11.1. The molecule has 4 heteroatoms. The molecule has 0 saturated heterocycles. The molecular formula is C12H7Cl2NS. The smallest absolute Gasteiger partial charge is 0.0613 e. The lowest BCUT2D eigenvalue weighted by molar-refractivity contribution is 1.32. The van der Waals surface area contributed by atoms with E-state index in [1.807, 2.05) is 30.3 Å². The van der Waals surface area contributed by atoms with Gasteiger partial charge < -0.3 is 5.32 Å². The lowest BCUT2D eigenvalue weighted by Crippen LogP contribution is -1.99. The van der Waals surface area contributed by atoms with Crippen LogP contribution >= 0.6 is 35.0 Å². The number of hydrogen-bond acceptors (Lipinski definition) is 2. The van der Waals surface area contributed by atoms with Crippen LogP contribution in [0.4, 0.5) is 11.4 Å². The number of rotatable bonds is 0. The van der Waals surface area contributed by atoms with Crippen molar-refractivity contribution in [3.63, 3.8) is 0 Å². The number of fused-ring (bicyclic) bond motifs is 2. The Morgan fingerprint density at radius 2 is 1.62 bits per heavy atom. The van der Waals surface area contributed by atoms with Crippen molar-refractivity contribution in [1.82, 2.24) is 0 Å². The summed E-state index contributed by atoms with van der Waals surface area (Å²) in [6.45, 7) is 0. The summed E-state index contributed by atoms with van der Waals surface area (Å²) in [4.78, 5) is 2.31. The van der Waals surface area contributed by atoms with E-state index in [4.69, 9.17) is 23.2 Å². The van der Waals surface area contributed by atoms with Gasteiger partial charge in [0.2, 0.25) is 0 Å². The molecule has 0 aromatic heterocycles. The average molecular weight is 268 g/mol. The molecule has 0 saturated carbocycles. The molecule has 3 rings (SSSR count). The highest BCUT2D eigenvalue weighted by Gasteiger charge is 2.16. The van der Waals surface area contributed by atoms with Crippen LogP contribution in [0.3, 0.4) is 0 Å². The monoisotopic (exact) mass is 267 g/mol. The average Bonchev–Trinajstić information content (AvgIpc) is 2.28. The van der Waals surface area contributed by atoms with Crippen molar-refractivity contribution in [1.29, 1.82) is 0 Å². The summed E-state index contributed by atoms with van der Waals surface area (Å²) in [6, 6.07) is 11.9. The van der Waals surface area contributed by atoms with Gasteiger partial charge in [0, 0.05) is 9.79 Å². The van der Waals surface area contributed by atoms with Crippen molar-refractivity contribution in [2.24, 2.45) is 0 Å². The largest absolute Gasteiger partial charge is 0.354 e. The van der Waals surface area contributed by atoms with Crippen molar-refractivity contribution in [3.05, 3.63) is 46.4 Å². The first-order valence-electron chi connectivity index (χ1n) is 4.77. The fourth-order valence-electron chi connectivity index (χ4n) is 1.63. The van der Waals surface area contributed by atoms with E-state index in [0.29, 0.717) is 10.0 Å². The van der Waals surface area contributed by atoms with Crippen molar-refractivity contribution >= 4 is 46.3 Å². The molecule has 0 atom stereocenters. The standard InChI is InChI=1S/C12H7Cl2NS/c13-7-5-10-12(6-8(7)14)16-11-4-2-1-3-9(11)15-10/h1-6,15H. The van der Waals surface area contributed by atoms with Crippen molar-refractivity contribution in [2.45, 2.75) is 9.79 Å². The summed E-state index contributed by atoms with van der Waals surface area (Å²) in [5.41, 5.74) is 2.12. The van der Waals surface area contributed by atoms with Gasteiger partial charge >= 0.3 is 0 Å². The minimum absolute atomic E-state index is 0.577. The second-order valence-electron chi connectivity index (χ2n) is 3.49. The lowest BCUT2D eigenvalue weighted by Gasteiger charge is -2.21. The van der Waals surface area contributed by atoms with E-state index >= 15 is 0 Å². The maximum atomic E-state index is 6.00.